The fourth-order valence-electron chi connectivity index (χ4n) is 3.95. The second-order valence-corrected chi connectivity index (χ2v) is 8.32. The van der Waals surface area contributed by atoms with Gasteiger partial charge in [-0.05, 0) is 74.2 Å². The molecule has 1 fully saturated rings. The van der Waals surface area contributed by atoms with E-state index in [0.717, 1.165) is 28.1 Å². The number of nitrogens with one attached hydrogen (secondary N) is 1. The zero-order chi connectivity index (χ0) is 23.2. The fourth-order valence-corrected chi connectivity index (χ4v) is 3.95. The summed E-state index contributed by atoms with van der Waals surface area (Å²) in [7, 11) is 0. The summed E-state index contributed by atoms with van der Waals surface area (Å²) in [5.41, 5.74) is 4.70. The first-order valence-electron chi connectivity index (χ1n) is 11.2. The normalized spacial score (nSPS) is 15.6. The molecule has 33 heavy (non-hydrogen) atoms. The predicted molar refractivity (Wildman–Crippen MR) is 133 cm³/mol. The molecule has 3 aromatic rings. The zero-order valence-corrected chi connectivity index (χ0v) is 19.0. The topological polar surface area (TPSA) is 60.2 Å². The van der Waals surface area contributed by atoms with Crippen LogP contribution in [0, 0.1) is 19.7 Å². The van der Waals surface area contributed by atoms with E-state index in [9.17, 15) is 9.50 Å². The quantitative estimate of drug-likeness (QED) is 0.417. The van der Waals surface area contributed by atoms with Crippen LogP contribution in [0.4, 0.5) is 15.8 Å². The molecule has 1 aliphatic heterocycles. The Morgan fingerprint density at radius 3 is 2.18 bits per heavy atom. The third kappa shape index (κ3) is 5.84. The molecule has 0 saturated carbocycles. The van der Waals surface area contributed by atoms with Crippen LogP contribution in [0.3, 0.4) is 0 Å². The smallest absolute Gasteiger partial charge is 0.227 e. The molecule has 4 rings (SSSR count). The minimum absolute atomic E-state index is 0.288. The summed E-state index contributed by atoms with van der Waals surface area (Å²) in [6.45, 7) is 5.45. The van der Waals surface area contributed by atoms with Crippen LogP contribution in [0.1, 0.15) is 29.5 Å². The maximum absolute atomic E-state index is 13.5. The number of para-hydroxylation sites is 1. The van der Waals surface area contributed by atoms with Crippen LogP contribution in [-0.2, 0) is 0 Å². The monoisotopic (exact) mass is 444 g/mol. The van der Waals surface area contributed by atoms with Gasteiger partial charge >= 0.3 is 0 Å². The molecule has 6 heteroatoms. The Morgan fingerprint density at radius 2 is 1.55 bits per heavy atom. The van der Waals surface area contributed by atoms with E-state index >= 15 is 0 Å². The first-order valence-corrected chi connectivity index (χ1v) is 11.2. The van der Waals surface area contributed by atoms with Gasteiger partial charge in [0.15, 0.2) is 0 Å². The summed E-state index contributed by atoms with van der Waals surface area (Å²) in [6, 6.07) is 22.1. The van der Waals surface area contributed by atoms with Crippen molar-refractivity contribution in [3.05, 3.63) is 95.3 Å². The lowest BCUT2D eigenvalue weighted by molar-refractivity contribution is 0.109. The highest BCUT2D eigenvalue weighted by Gasteiger charge is 2.21. The van der Waals surface area contributed by atoms with Gasteiger partial charge in [-0.3, -0.25) is 0 Å². The number of likely N-dealkylation sites (tertiary alicyclic amines) is 1. The van der Waals surface area contributed by atoms with Gasteiger partial charge in [0.1, 0.15) is 11.7 Å². The van der Waals surface area contributed by atoms with E-state index in [-0.39, 0.29) is 11.9 Å². The van der Waals surface area contributed by atoms with Gasteiger partial charge in [-0.15, -0.1) is 0 Å². The number of aryl methyl sites for hydroxylation is 2. The van der Waals surface area contributed by atoms with Gasteiger partial charge in [-0.25, -0.2) is 9.38 Å². The minimum atomic E-state index is -0.293. The van der Waals surface area contributed by atoms with E-state index in [4.69, 9.17) is 9.98 Å². The van der Waals surface area contributed by atoms with Crippen LogP contribution in [0.5, 0.6) is 0 Å². The largest absolute Gasteiger partial charge is 0.393 e. The molecule has 2 N–H and O–H groups in total. The van der Waals surface area contributed by atoms with Crippen molar-refractivity contribution in [2.75, 3.05) is 18.4 Å². The fraction of sp³-hybridized carbons (Fsp3) is 0.259. The molecule has 170 valence electrons. The number of aliphatic hydroxyl groups excluding tert-OH is 1. The van der Waals surface area contributed by atoms with E-state index in [1.54, 1.807) is 12.1 Å². The van der Waals surface area contributed by atoms with Crippen molar-refractivity contribution >= 4 is 23.2 Å². The predicted octanol–water partition coefficient (Wildman–Crippen LogP) is 5.45. The van der Waals surface area contributed by atoms with E-state index < -0.39 is 0 Å². The molecular formula is C27H29FN4O. The van der Waals surface area contributed by atoms with E-state index in [2.05, 4.69) is 36.2 Å². The maximum atomic E-state index is 13.5. The highest BCUT2D eigenvalue weighted by Crippen LogP contribution is 2.21. The van der Waals surface area contributed by atoms with Crippen LogP contribution in [0.25, 0.3) is 0 Å². The summed E-state index contributed by atoms with van der Waals surface area (Å²) >= 11 is 0. The van der Waals surface area contributed by atoms with Crippen molar-refractivity contribution in [3.8, 4) is 0 Å². The van der Waals surface area contributed by atoms with Crippen molar-refractivity contribution in [3.63, 3.8) is 0 Å². The number of piperidine rings is 1. The number of benzene rings is 3. The van der Waals surface area contributed by atoms with Gasteiger partial charge in [0, 0.05) is 24.3 Å². The van der Waals surface area contributed by atoms with Crippen LogP contribution in [0.15, 0.2) is 82.8 Å². The van der Waals surface area contributed by atoms with Crippen molar-refractivity contribution in [2.45, 2.75) is 32.8 Å². The lowest BCUT2D eigenvalue weighted by Crippen LogP contribution is -2.40. The molecule has 0 aliphatic carbocycles. The average molecular weight is 445 g/mol. The van der Waals surface area contributed by atoms with Gasteiger partial charge in [-0.2, -0.15) is 4.99 Å². The highest BCUT2D eigenvalue weighted by atomic mass is 19.1. The molecule has 5 nitrogen and oxygen atoms in total. The number of aliphatic imine (C=N–C) groups is 2. The zero-order valence-electron chi connectivity index (χ0n) is 19.0. The van der Waals surface area contributed by atoms with E-state index in [0.29, 0.717) is 37.7 Å². The summed E-state index contributed by atoms with van der Waals surface area (Å²) in [5.74, 6) is 0.947. The highest BCUT2D eigenvalue weighted by molar-refractivity contribution is 6.14. The molecule has 0 amide bonds. The van der Waals surface area contributed by atoms with Gasteiger partial charge in [0.2, 0.25) is 5.96 Å². The Morgan fingerprint density at radius 1 is 0.909 bits per heavy atom. The molecular weight excluding hydrogens is 415 g/mol. The van der Waals surface area contributed by atoms with Crippen molar-refractivity contribution in [1.82, 2.24) is 4.90 Å². The van der Waals surface area contributed by atoms with Gasteiger partial charge < -0.3 is 15.3 Å². The van der Waals surface area contributed by atoms with Crippen molar-refractivity contribution in [2.24, 2.45) is 9.98 Å². The number of rotatable bonds is 3. The maximum Gasteiger partial charge on any atom is 0.227 e. The second-order valence-electron chi connectivity index (χ2n) is 8.32. The summed E-state index contributed by atoms with van der Waals surface area (Å²) in [4.78, 5) is 12.0. The van der Waals surface area contributed by atoms with Gasteiger partial charge in [0.25, 0.3) is 0 Å². The third-order valence-corrected chi connectivity index (χ3v) is 5.77. The first kappa shape index (κ1) is 22.7. The Balaban J connectivity index is 1.81. The Kier molecular flexibility index (Phi) is 7.15. The van der Waals surface area contributed by atoms with Gasteiger partial charge in [-0.1, -0.05) is 36.4 Å². The Labute approximate surface area is 194 Å². The number of halogens is 1. The first-order chi connectivity index (χ1) is 16.0. The molecule has 0 atom stereocenters. The molecule has 0 unspecified atom stereocenters. The molecule has 0 radical (unpaired) electrons. The van der Waals surface area contributed by atoms with Crippen molar-refractivity contribution in [1.29, 1.82) is 0 Å². The Hall–Kier alpha value is -3.51. The molecule has 1 saturated heterocycles. The van der Waals surface area contributed by atoms with Crippen LogP contribution in [0.2, 0.25) is 0 Å². The summed E-state index contributed by atoms with van der Waals surface area (Å²) in [6.07, 6.45) is 1.06. The summed E-state index contributed by atoms with van der Waals surface area (Å²) in [5, 5.41) is 13.4. The average Bonchev–Trinajstić information content (AvgIpc) is 2.81. The molecule has 3 aromatic carbocycles. The van der Waals surface area contributed by atoms with E-state index in [1.165, 1.54) is 12.1 Å². The number of hydrogen-bond donors (Lipinski definition) is 2. The molecule has 1 aliphatic rings. The molecule has 0 bridgehead atoms. The standard InChI is InChI=1S/C27H29FN4O/c1-19-7-6-8-20(2)25(19)26(29-23-13-11-21(28)12-14-23)31-27(30-22-9-4-3-5-10-22)32-17-15-24(33)16-18-32/h3-14,24,33H,15-18H2,1-2H3,(H,29,30,31). The molecule has 0 aromatic heterocycles. The number of amidine groups is 1. The van der Waals surface area contributed by atoms with Crippen molar-refractivity contribution < 1.29 is 9.50 Å². The summed E-state index contributed by atoms with van der Waals surface area (Å²) < 4.78 is 13.5. The molecule has 1 heterocycles. The minimum Gasteiger partial charge on any atom is -0.393 e. The number of anilines is 1. The second kappa shape index (κ2) is 10.4. The Bertz CT molecular complexity index is 1110. The van der Waals surface area contributed by atoms with Gasteiger partial charge in [0.05, 0.1) is 11.8 Å². The molecule has 0 spiro atoms. The lowest BCUT2D eigenvalue weighted by Gasteiger charge is -2.30. The van der Waals surface area contributed by atoms with Crippen LogP contribution < -0.4 is 5.32 Å². The number of aliphatic hydroxyl groups is 1. The van der Waals surface area contributed by atoms with E-state index in [1.807, 2.05) is 36.4 Å². The third-order valence-electron chi connectivity index (χ3n) is 5.77. The number of hydrogen-bond acceptors (Lipinski definition) is 2. The number of nitrogens with zero attached hydrogens (tertiary/aromatic N) is 3. The lowest BCUT2D eigenvalue weighted by atomic mass is 10.0. The van der Waals surface area contributed by atoms with Crippen LogP contribution >= 0.6 is 0 Å². The van der Waals surface area contributed by atoms with Crippen LogP contribution in [-0.4, -0.2) is 41.0 Å². The SMILES string of the molecule is Cc1cccc(C)c1/C(=N/C(=Nc1ccccc1)N1CCC(O)CC1)Nc1ccc(F)cc1. The number of guanidine groups is 1.